The van der Waals surface area contributed by atoms with E-state index in [1.165, 1.54) is 23.9 Å². The number of nitriles is 1. The molecule has 6 nitrogen and oxygen atoms in total. The minimum atomic E-state index is -0.503. The van der Waals surface area contributed by atoms with E-state index in [1.54, 1.807) is 13.0 Å². The number of nitrogens with one attached hydrogen (secondary N) is 1. The summed E-state index contributed by atoms with van der Waals surface area (Å²) in [4.78, 5) is 21.8. The number of nitro groups is 1. The number of rotatable bonds is 6. The van der Waals surface area contributed by atoms with Crippen molar-refractivity contribution in [3.63, 3.8) is 0 Å². The number of amides is 1. The monoisotopic (exact) mass is 279 g/mol. The second-order valence-corrected chi connectivity index (χ2v) is 4.87. The molecular formula is C12H13N3O3S. The number of nitrogens with zero attached hydrogens (tertiary/aromatic N) is 2. The highest BCUT2D eigenvalue weighted by Crippen LogP contribution is 2.22. The zero-order valence-corrected chi connectivity index (χ0v) is 11.2. The van der Waals surface area contributed by atoms with Crippen molar-refractivity contribution >= 4 is 29.0 Å². The quantitative estimate of drug-likeness (QED) is 0.490. The lowest BCUT2D eigenvalue weighted by Crippen LogP contribution is -2.15. The van der Waals surface area contributed by atoms with Crippen LogP contribution in [-0.4, -0.2) is 22.3 Å². The van der Waals surface area contributed by atoms with Crippen molar-refractivity contribution < 1.29 is 9.72 Å². The molecule has 0 saturated carbocycles. The van der Waals surface area contributed by atoms with Crippen molar-refractivity contribution in [3.8, 4) is 6.07 Å². The second kappa shape index (κ2) is 7.38. The van der Waals surface area contributed by atoms with Crippen molar-refractivity contribution in [3.05, 3.63) is 33.9 Å². The molecule has 7 heteroatoms. The molecule has 1 rings (SSSR count). The number of carbonyl (C=O) groups is 1. The Balaban J connectivity index is 2.61. The van der Waals surface area contributed by atoms with Gasteiger partial charge in [0.15, 0.2) is 0 Å². The van der Waals surface area contributed by atoms with Gasteiger partial charge >= 0.3 is 0 Å². The molecule has 0 spiro atoms. The van der Waals surface area contributed by atoms with E-state index in [1.807, 2.05) is 6.07 Å². The molecule has 19 heavy (non-hydrogen) atoms. The molecule has 0 fully saturated rings. The Hall–Kier alpha value is -2.07. The predicted molar refractivity (Wildman–Crippen MR) is 74.0 cm³/mol. The predicted octanol–water partition coefficient (Wildman–Crippen LogP) is 2.49. The Morgan fingerprint density at radius 3 is 2.95 bits per heavy atom. The van der Waals surface area contributed by atoms with Crippen molar-refractivity contribution in [2.24, 2.45) is 0 Å². The van der Waals surface area contributed by atoms with E-state index in [9.17, 15) is 14.9 Å². The largest absolute Gasteiger partial charge is 0.325 e. The number of aryl methyl sites for hydroxylation is 1. The van der Waals surface area contributed by atoms with E-state index in [2.05, 4.69) is 5.32 Å². The molecule has 0 saturated heterocycles. The summed E-state index contributed by atoms with van der Waals surface area (Å²) < 4.78 is 0. The van der Waals surface area contributed by atoms with Crippen LogP contribution in [-0.2, 0) is 4.79 Å². The summed E-state index contributed by atoms with van der Waals surface area (Å²) in [5, 5.41) is 21.6. The first-order valence-corrected chi connectivity index (χ1v) is 6.69. The van der Waals surface area contributed by atoms with Crippen LogP contribution in [0.2, 0.25) is 0 Å². The van der Waals surface area contributed by atoms with Gasteiger partial charge in [-0.15, -0.1) is 0 Å². The average molecular weight is 279 g/mol. The smallest absolute Gasteiger partial charge is 0.271 e. The van der Waals surface area contributed by atoms with Crippen LogP contribution in [0.1, 0.15) is 12.0 Å². The van der Waals surface area contributed by atoms with Gasteiger partial charge in [0.2, 0.25) is 5.91 Å². The maximum atomic E-state index is 11.6. The molecule has 0 heterocycles. The first kappa shape index (κ1) is 15.0. The van der Waals surface area contributed by atoms with E-state index >= 15 is 0 Å². The summed E-state index contributed by atoms with van der Waals surface area (Å²) in [6.07, 6.45) is 0.397. The highest BCUT2D eigenvalue weighted by Gasteiger charge is 2.10. The summed E-state index contributed by atoms with van der Waals surface area (Å²) in [5.74, 6) is 0.591. The number of non-ortho nitro benzene ring substituents is 1. The third kappa shape index (κ3) is 4.97. The van der Waals surface area contributed by atoms with Crippen molar-refractivity contribution in [2.75, 3.05) is 16.8 Å². The maximum Gasteiger partial charge on any atom is 0.271 e. The van der Waals surface area contributed by atoms with Crippen LogP contribution in [0.3, 0.4) is 0 Å². The fraction of sp³-hybridized carbons (Fsp3) is 0.333. The van der Waals surface area contributed by atoms with Gasteiger partial charge in [0, 0.05) is 24.3 Å². The molecule has 0 atom stereocenters. The lowest BCUT2D eigenvalue weighted by Gasteiger charge is -2.07. The number of hydrogen-bond donors (Lipinski definition) is 1. The summed E-state index contributed by atoms with van der Waals surface area (Å²) in [7, 11) is 0. The normalized spacial score (nSPS) is 9.68. The van der Waals surface area contributed by atoms with E-state index in [4.69, 9.17) is 5.26 Å². The maximum absolute atomic E-state index is 11.6. The SMILES string of the molecule is Cc1ccc([N+](=O)[O-])cc1NC(=O)CSCCC#N. The molecular weight excluding hydrogens is 266 g/mol. The van der Waals surface area contributed by atoms with Crippen LogP contribution >= 0.6 is 11.8 Å². The van der Waals surface area contributed by atoms with Crippen molar-refractivity contribution in [1.82, 2.24) is 0 Å². The standard InChI is InChI=1S/C12H13N3O3S/c1-9-3-4-10(15(17)18)7-11(9)14-12(16)8-19-6-2-5-13/h3-4,7H,2,6,8H2,1H3,(H,14,16). The summed E-state index contributed by atoms with van der Waals surface area (Å²) in [6, 6.07) is 6.32. The number of carbonyl (C=O) groups excluding carboxylic acids is 1. The van der Waals surface area contributed by atoms with Gasteiger partial charge in [-0.2, -0.15) is 17.0 Å². The first-order valence-electron chi connectivity index (χ1n) is 5.54. The lowest BCUT2D eigenvalue weighted by atomic mass is 10.2. The molecule has 1 amide bonds. The van der Waals surface area contributed by atoms with Crippen molar-refractivity contribution in [1.29, 1.82) is 5.26 Å². The molecule has 0 unspecified atom stereocenters. The van der Waals surface area contributed by atoms with Crippen molar-refractivity contribution in [2.45, 2.75) is 13.3 Å². The van der Waals surface area contributed by atoms with Crippen LogP contribution < -0.4 is 5.32 Å². The van der Waals surface area contributed by atoms with Gasteiger partial charge in [-0.05, 0) is 12.5 Å². The molecule has 100 valence electrons. The van der Waals surface area contributed by atoms with E-state index in [-0.39, 0.29) is 17.3 Å². The van der Waals surface area contributed by atoms with Gasteiger partial charge < -0.3 is 5.32 Å². The number of anilines is 1. The average Bonchev–Trinajstić information content (AvgIpc) is 2.37. The molecule has 0 radical (unpaired) electrons. The fourth-order valence-corrected chi connectivity index (χ4v) is 1.96. The van der Waals surface area contributed by atoms with E-state index < -0.39 is 4.92 Å². The molecule has 0 aromatic heterocycles. The minimum Gasteiger partial charge on any atom is -0.325 e. The molecule has 0 aliphatic heterocycles. The van der Waals surface area contributed by atoms with Gasteiger partial charge in [-0.1, -0.05) is 6.07 Å². The Labute approximate surface area is 115 Å². The van der Waals surface area contributed by atoms with Gasteiger partial charge in [-0.25, -0.2) is 0 Å². The minimum absolute atomic E-state index is 0.0574. The summed E-state index contributed by atoms with van der Waals surface area (Å²) in [6.45, 7) is 1.77. The topological polar surface area (TPSA) is 96.0 Å². The van der Waals surface area contributed by atoms with Gasteiger partial charge in [-0.3, -0.25) is 14.9 Å². The number of benzene rings is 1. The molecule has 1 aromatic rings. The number of hydrogen-bond acceptors (Lipinski definition) is 5. The van der Waals surface area contributed by atoms with Gasteiger partial charge in [0.05, 0.1) is 22.4 Å². The van der Waals surface area contributed by atoms with E-state index in [0.29, 0.717) is 17.9 Å². The van der Waals surface area contributed by atoms with Crippen LogP contribution in [0.25, 0.3) is 0 Å². The molecule has 0 aliphatic rings. The van der Waals surface area contributed by atoms with Crippen LogP contribution in [0, 0.1) is 28.4 Å². The molecule has 1 aromatic carbocycles. The zero-order valence-electron chi connectivity index (χ0n) is 10.4. The molecule has 0 bridgehead atoms. The Morgan fingerprint density at radius 2 is 2.32 bits per heavy atom. The summed E-state index contributed by atoms with van der Waals surface area (Å²) >= 11 is 1.35. The zero-order chi connectivity index (χ0) is 14.3. The highest BCUT2D eigenvalue weighted by molar-refractivity contribution is 7.99. The number of nitro benzene ring substituents is 1. The Kier molecular flexibility index (Phi) is 5.82. The van der Waals surface area contributed by atoms with Crippen LogP contribution in [0.4, 0.5) is 11.4 Å². The van der Waals surface area contributed by atoms with Gasteiger partial charge in [0.1, 0.15) is 0 Å². The fourth-order valence-electron chi connectivity index (χ4n) is 1.33. The third-order valence-electron chi connectivity index (χ3n) is 2.30. The van der Waals surface area contributed by atoms with Gasteiger partial charge in [0.25, 0.3) is 5.69 Å². The third-order valence-corrected chi connectivity index (χ3v) is 3.26. The summed E-state index contributed by atoms with van der Waals surface area (Å²) in [5.41, 5.74) is 1.15. The second-order valence-electron chi connectivity index (χ2n) is 3.77. The lowest BCUT2D eigenvalue weighted by molar-refractivity contribution is -0.384. The van der Waals surface area contributed by atoms with Crippen LogP contribution in [0.15, 0.2) is 18.2 Å². The Bertz CT molecular complexity index is 525. The highest BCUT2D eigenvalue weighted by atomic mass is 32.2. The van der Waals surface area contributed by atoms with Crippen LogP contribution in [0.5, 0.6) is 0 Å². The number of thioether (sulfide) groups is 1. The first-order chi connectivity index (χ1) is 9.04. The molecule has 0 aliphatic carbocycles. The molecule has 1 N–H and O–H groups in total. The van der Waals surface area contributed by atoms with E-state index in [0.717, 1.165) is 5.56 Å². The Morgan fingerprint density at radius 1 is 1.58 bits per heavy atom.